The van der Waals surface area contributed by atoms with E-state index in [-0.39, 0.29) is 5.41 Å². The van der Waals surface area contributed by atoms with E-state index in [1.54, 1.807) is 0 Å². The molecule has 0 aliphatic heterocycles. The quantitative estimate of drug-likeness (QED) is 0.212. The number of fused-ring (bicyclic) bond motifs is 10. The van der Waals surface area contributed by atoms with Gasteiger partial charge in [-0.15, -0.1) is 11.3 Å². The normalized spacial score (nSPS) is 13.8. The first-order valence-electron chi connectivity index (χ1n) is 14.1. The maximum absolute atomic E-state index is 4.93. The molecule has 0 saturated heterocycles. The number of nitrogens with zero attached hydrogens (tertiary/aromatic N) is 2. The first kappa shape index (κ1) is 23.0. The molecule has 0 fully saturated rings. The second kappa shape index (κ2) is 8.15. The van der Waals surface area contributed by atoms with Crippen molar-refractivity contribution in [2.24, 2.45) is 0 Å². The fourth-order valence-corrected chi connectivity index (χ4v) is 8.34. The SMILES string of the molecule is CC1(C)c2ccccc2-c2ccc(-c3ccnc(-n4c5ccccc5c5c6sc7ccccc7c6ccc54)c3)cc21. The Kier molecular flexibility index (Phi) is 4.58. The lowest BCUT2D eigenvalue weighted by molar-refractivity contribution is 0.660. The average Bonchev–Trinajstić information content (AvgIpc) is 3.63. The molecule has 0 saturated carbocycles. The molecule has 0 unspecified atom stereocenters. The van der Waals surface area contributed by atoms with Crippen molar-refractivity contribution >= 4 is 53.3 Å². The molecule has 5 aromatic carbocycles. The van der Waals surface area contributed by atoms with E-state index in [2.05, 4.69) is 134 Å². The van der Waals surface area contributed by atoms with Gasteiger partial charge in [-0.05, 0) is 69.8 Å². The van der Waals surface area contributed by atoms with Crippen LogP contribution in [0.4, 0.5) is 0 Å². The van der Waals surface area contributed by atoms with E-state index < -0.39 is 0 Å². The van der Waals surface area contributed by atoms with Crippen LogP contribution in [0.3, 0.4) is 0 Å². The number of thiophene rings is 1. The molecule has 1 aliphatic carbocycles. The van der Waals surface area contributed by atoms with E-state index >= 15 is 0 Å². The van der Waals surface area contributed by atoms with Gasteiger partial charge in [0.25, 0.3) is 0 Å². The monoisotopic (exact) mass is 542 g/mol. The zero-order chi connectivity index (χ0) is 27.3. The van der Waals surface area contributed by atoms with Gasteiger partial charge < -0.3 is 0 Å². The van der Waals surface area contributed by atoms with Gasteiger partial charge in [0.1, 0.15) is 5.82 Å². The highest BCUT2D eigenvalue weighted by Gasteiger charge is 2.35. The van der Waals surface area contributed by atoms with Crippen LogP contribution in [-0.4, -0.2) is 9.55 Å². The lowest BCUT2D eigenvalue weighted by Gasteiger charge is -2.22. The number of hydrogen-bond donors (Lipinski definition) is 0. The van der Waals surface area contributed by atoms with Crippen LogP contribution in [0, 0.1) is 0 Å². The van der Waals surface area contributed by atoms with Crippen molar-refractivity contribution in [1.82, 2.24) is 9.55 Å². The third-order valence-corrected chi connectivity index (χ3v) is 10.3. The van der Waals surface area contributed by atoms with E-state index in [4.69, 9.17) is 4.98 Å². The number of hydrogen-bond acceptors (Lipinski definition) is 2. The van der Waals surface area contributed by atoms with Crippen LogP contribution >= 0.6 is 11.3 Å². The highest BCUT2D eigenvalue weighted by Crippen LogP contribution is 2.49. The number of rotatable bonds is 2. The Morgan fingerprint density at radius 3 is 2.29 bits per heavy atom. The second-order valence-corrected chi connectivity index (χ2v) is 12.7. The van der Waals surface area contributed by atoms with Crippen LogP contribution in [0.5, 0.6) is 0 Å². The minimum atomic E-state index is -0.0275. The third kappa shape index (κ3) is 3.10. The minimum Gasteiger partial charge on any atom is -0.294 e. The number of benzene rings is 5. The molecule has 0 atom stereocenters. The van der Waals surface area contributed by atoms with E-state index in [9.17, 15) is 0 Å². The van der Waals surface area contributed by atoms with E-state index in [0.717, 1.165) is 5.82 Å². The summed E-state index contributed by atoms with van der Waals surface area (Å²) in [7, 11) is 0. The molecule has 3 heteroatoms. The molecular weight excluding hydrogens is 516 g/mol. The smallest absolute Gasteiger partial charge is 0.138 e. The molecule has 0 N–H and O–H groups in total. The summed E-state index contributed by atoms with van der Waals surface area (Å²) in [4.78, 5) is 4.93. The van der Waals surface area contributed by atoms with Gasteiger partial charge in [0.2, 0.25) is 0 Å². The van der Waals surface area contributed by atoms with Gasteiger partial charge in [0, 0.05) is 42.6 Å². The average molecular weight is 543 g/mol. The molecule has 2 nitrogen and oxygen atoms in total. The number of pyridine rings is 1. The Hall–Kier alpha value is -4.73. The zero-order valence-electron chi connectivity index (χ0n) is 22.8. The van der Waals surface area contributed by atoms with Crippen LogP contribution in [0.15, 0.2) is 121 Å². The molecule has 1 aliphatic rings. The Balaban J connectivity index is 1.26. The summed E-state index contributed by atoms with van der Waals surface area (Å²) in [5, 5.41) is 5.23. The Morgan fingerprint density at radius 2 is 1.37 bits per heavy atom. The van der Waals surface area contributed by atoms with Crippen LogP contribution in [-0.2, 0) is 5.41 Å². The molecule has 194 valence electrons. The van der Waals surface area contributed by atoms with Gasteiger partial charge in [0.15, 0.2) is 0 Å². The molecule has 9 rings (SSSR count). The van der Waals surface area contributed by atoms with Crippen molar-refractivity contribution in [3.63, 3.8) is 0 Å². The van der Waals surface area contributed by atoms with Gasteiger partial charge in [-0.25, -0.2) is 4.98 Å². The Bertz CT molecular complexity index is 2350. The molecule has 0 amide bonds. The third-order valence-electron chi connectivity index (χ3n) is 9.07. The maximum Gasteiger partial charge on any atom is 0.138 e. The van der Waals surface area contributed by atoms with Crippen molar-refractivity contribution in [2.75, 3.05) is 0 Å². The molecular formula is C38H26N2S. The summed E-state index contributed by atoms with van der Waals surface area (Å²) in [5.74, 6) is 0.942. The Labute approximate surface area is 242 Å². The van der Waals surface area contributed by atoms with Crippen molar-refractivity contribution < 1.29 is 0 Å². The van der Waals surface area contributed by atoms with E-state index in [0.29, 0.717) is 0 Å². The summed E-state index contributed by atoms with van der Waals surface area (Å²) in [6, 6.07) is 42.2. The summed E-state index contributed by atoms with van der Waals surface area (Å²) < 4.78 is 5.01. The second-order valence-electron chi connectivity index (χ2n) is 11.6. The molecule has 0 bridgehead atoms. The first-order chi connectivity index (χ1) is 20.1. The summed E-state index contributed by atoms with van der Waals surface area (Å²) in [6.07, 6.45) is 1.95. The van der Waals surface area contributed by atoms with Crippen molar-refractivity contribution in [2.45, 2.75) is 19.3 Å². The topological polar surface area (TPSA) is 17.8 Å². The van der Waals surface area contributed by atoms with E-state index in [1.165, 1.54) is 75.4 Å². The lowest BCUT2D eigenvalue weighted by Crippen LogP contribution is -2.14. The fraction of sp³-hybridized carbons (Fsp3) is 0.0789. The van der Waals surface area contributed by atoms with Crippen LogP contribution in [0.1, 0.15) is 25.0 Å². The molecule has 0 spiro atoms. The van der Waals surface area contributed by atoms with Crippen LogP contribution in [0.2, 0.25) is 0 Å². The minimum absolute atomic E-state index is 0.0275. The largest absolute Gasteiger partial charge is 0.294 e. The number of para-hydroxylation sites is 1. The van der Waals surface area contributed by atoms with E-state index in [1.807, 2.05) is 17.5 Å². The predicted molar refractivity (Wildman–Crippen MR) is 174 cm³/mol. The predicted octanol–water partition coefficient (Wildman–Crippen LogP) is 10.5. The van der Waals surface area contributed by atoms with Crippen LogP contribution in [0.25, 0.3) is 70.0 Å². The van der Waals surface area contributed by atoms with Crippen molar-refractivity contribution in [3.05, 3.63) is 133 Å². The lowest BCUT2D eigenvalue weighted by atomic mass is 9.81. The molecule has 3 heterocycles. The van der Waals surface area contributed by atoms with Gasteiger partial charge in [-0.3, -0.25) is 4.57 Å². The van der Waals surface area contributed by atoms with Gasteiger partial charge >= 0.3 is 0 Å². The standard InChI is InChI=1S/C38H26N2S/c1-38(2)30-12-6-3-9-25(30)26-16-15-23(21-31(26)38)24-19-20-39-35(22-24)40-32-13-7-4-11-29(32)36-33(40)18-17-28-27-10-5-8-14-34(27)41-37(28)36/h3-22H,1-2H3. The Morgan fingerprint density at radius 1 is 0.610 bits per heavy atom. The molecule has 3 aromatic heterocycles. The van der Waals surface area contributed by atoms with Crippen molar-refractivity contribution in [3.8, 4) is 28.1 Å². The molecule has 8 aromatic rings. The summed E-state index contributed by atoms with van der Waals surface area (Å²) in [6.45, 7) is 4.68. The van der Waals surface area contributed by atoms with Gasteiger partial charge in [0.05, 0.1) is 11.0 Å². The first-order valence-corrected chi connectivity index (χ1v) is 15.0. The van der Waals surface area contributed by atoms with Gasteiger partial charge in [-0.1, -0.05) is 92.7 Å². The van der Waals surface area contributed by atoms with Crippen molar-refractivity contribution in [1.29, 1.82) is 0 Å². The number of aromatic nitrogens is 2. The fourth-order valence-electron chi connectivity index (χ4n) is 7.09. The van der Waals surface area contributed by atoms with Crippen LogP contribution < -0.4 is 0 Å². The summed E-state index contributed by atoms with van der Waals surface area (Å²) in [5.41, 5.74) is 10.2. The highest BCUT2D eigenvalue weighted by atomic mass is 32.1. The zero-order valence-corrected chi connectivity index (χ0v) is 23.7. The van der Waals surface area contributed by atoms with Gasteiger partial charge in [-0.2, -0.15) is 0 Å². The molecule has 0 radical (unpaired) electrons. The molecule has 41 heavy (non-hydrogen) atoms. The maximum atomic E-state index is 4.93. The summed E-state index contributed by atoms with van der Waals surface area (Å²) >= 11 is 1.89. The highest BCUT2D eigenvalue weighted by molar-refractivity contribution is 7.26.